The lowest BCUT2D eigenvalue weighted by molar-refractivity contribution is -0.150. The number of likely N-dealkylation sites (tertiary alicyclic amines) is 1. The molecular formula is C21H30ClNO2S. The van der Waals surface area contributed by atoms with E-state index in [0.29, 0.717) is 11.7 Å². The first kappa shape index (κ1) is 20.0. The molecule has 26 heavy (non-hydrogen) atoms. The topological polar surface area (TPSA) is 29.5 Å². The van der Waals surface area contributed by atoms with Crippen LogP contribution < -0.4 is 0 Å². The van der Waals surface area contributed by atoms with E-state index >= 15 is 0 Å². The van der Waals surface area contributed by atoms with Gasteiger partial charge in [-0.05, 0) is 62.9 Å². The molecule has 1 heterocycles. The van der Waals surface area contributed by atoms with Gasteiger partial charge in [-0.15, -0.1) is 11.8 Å². The van der Waals surface area contributed by atoms with Crippen LogP contribution in [0.3, 0.4) is 0 Å². The fourth-order valence-electron chi connectivity index (χ4n) is 3.83. The highest BCUT2D eigenvalue weighted by atomic mass is 35.5. The third-order valence-electron chi connectivity index (χ3n) is 5.38. The summed E-state index contributed by atoms with van der Waals surface area (Å²) in [6.45, 7) is 3.13. The SMILES string of the molecule is O=C(CCN1CCCCC1)O[C@H]1CCCC[C@H]1SCc1ccc(Cl)cc1. The quantitative estimate of drug-likeness (QED) is 0.585. The fraction of sp³-hybridized carbons (Fsp3) is 0.667. The van der Waals surface area contributed by atoms with Crippen molar-refractivity contribution in [1.82, 2.24) is 4.90 Å². The Hall–Kier alpha value is -0.710. The first-order valence-corrected chi connectivity index (χ1v) is 11.4. The lowest BCUT2D eigenvalue weighted by atomic mass is 9.97. The van der Waals surface area contributed by atoms with Crippen LogP contribution in [0.15, 0.2) is 24.3 Å². The Morgan fingerprint density at radius 2 is 1.81 bits per heavy atom. The van der Waals surface area contributed by atoms with Crippen molar-refractivity contribution >= 4 is 29.3 Å². The molecule has 2 aliphatic rings. The van der Waals surface area contributed by atoms with Gasteiger partial charge in [-0.2, -0.15) is 0 Å². The van der Waals surface area contributed by atoms with Crippen molar-refractivity contribution in [2.75, 3.05) is 19.6 Å². The Balaban J connectivity index is 1.43. The third-order valence-corrected chi connectivity index (χ3v) is 7.10. The van der Waals surface area contributed by atoms with Gasteiger partial charge in [-0.25, -0.2) is 0 Å². The van der Waals surface area contributed by atoms with Crippen LogP contribution in [0, 0.1) is 0 Å². The highest BCUT2D eigenvalue weighted by Gasteiger charge is 2.28. The largest absolute Gasteiger partial charge is 0.461 e. The van der Waals surface area contributed by atoms with Gasteiger partial charge in [0, 0.05) is 22.6 Å². The molecule has 1 aliphatic heterocycles. The molecule has 2 fully saturated rings. The van der Waals surface area contributed by atoms with Crippen molar-refractivity contribution in [2.45, 2.75) is 68.5 Å². The van der Waals surface area contributed by atoms with E-state index in [1.165, 1.54) is 37.7 Å². The highest BCUT2D eigenvalue weighted by molar-refractivity contribution is 7.99. The zero-order valence-corrected chi connectivity index (χ0v) is 17.1. The number of halogens is 1. The van der Waals surface area contributed by atoms with Gasteiger partial charge in [0.25, 0.3) is 0 Å². The smallest absolute Gasteiger partial charge is 0.307 e. The van der Waals surface area contributed by atoms with Crippen LogP contribution in [0.25, 0.3) is 0 Å². The lowest BCUT2D eigenvalue weighted by Crippen LogP contribution is -2.35. The van der Waals surface area contributed by atoms with E-state index in [1.807, 2.05) is 23.9 Å². The Kier molecular flexibility index (Phi) is 8.15. The standard InChI is InChI=1S/C21H30ClNO2S/c22-18-10-8-17(9-11-18)16-26-20-7-3-2-6-19(20)25-21(24)12-15-23-13-4-1-5-14-23/h8-11,19-20H,1-7,12-16H2/t19-,20+/m0/s1. The molecule has 2 atom stereocenters. The average Bonchev–Trinajstić information content (AvgIpc) is 2.68. The summed E-state index contributed by atoms with van der Waals surface area (Å²) < 4.78 is 5.90. The second kappa shape index (κ2) is 10.6. The predicted molar refractivity (Wildman–Crippen MR) is 110 cm³/mol. The molecule has 1 aromatic carbocycles. The number of hydrogen-bond acceptors (Lipinski definition) is 4. The van der Waals surface area contributed by atoms with Gasteiger partial charge in [-0.3, -0.25) is 4.79 Å². The number of nitrogens with zero attached hydrogens (tertiary/aromatic N) is 1. The van der Waals surface area contributed by atoms with E-state index < -0.39 is 0 Å². The second-order valence-electron chi connectivity index (χ2n) is 7.44. The Morgan fingerprint density at radius 1 is 1.08 bits per heavy atom. The molecule has 1 aromatic rings. The van der Waals surface area contributed by atoms with Gasteiger partial charge in [0.05, 0.1) is 6.42 Å². The summed E-state index contributed by atoms with van der Waals surface area (Å²) in [7, 11) is 0. The van der Waals surface area contributed by atoms with Crippen molar-refractivity contribution < 1.29 is 9.53 Å². The minimum Gasteiger partial charge on any atom is -0.461 e. The maximum atomic E-state index is 12.3. The minimum absolute atomic E-state index is 0.0143. The first-order valence-electron chi connectivity index (χ1n) is 9.98. The van der Waals surface area contributed by atoms with Gasteiger partial charge in [-0.1, -0.05) is 36.6 Å². The van der Waals surface area contributed by atoms with E-state index in [0.717, 1.165) is 43.3 Å². The van der Waals surface area contributed by atoms with Crippen molar-refractivity contribution in [3.63, 3.8) is 0 Å². The van der Waals surface area contributed by atoms with Gasteiger partial charge < -0.3 is 9.64 Å². The minimum atomic E-state index is -0.0143. The van der Waals surface area contributed by atoms with Crippen LogP contribution in [0.4, 0.5) is 0 Å². The van der Waals surface area contributed by atoms with Crippen molar-refractivity contribution in [3.05, 3.63) is 34.9 Å². The van der Waals surface area contributed by atoms with Crippen molar-refractivity contribution in [3.8, 4) is 0 Å². The zero-order chi connectivity index (χ0) is 18.2. The number of carbonyl (C=O) groups excluding carboxylic acids is 1. The van der Waals surface area contributed by atoms with Gasteiger partial charge in [0.15, 0.2) is 0 Å². The zero-order valence-electron chi connectivity index (χ0n) is 15.5. The molecule has 0 unspecified atom stereocenters. The Bertz CT molecular complexity index is 560. The molecular weight excluding hydrogens is 366 g/mol. The monoisotopic (exact) mass is 395 g/mol. The van der Waals surface area contributed by atoms with Crippen molar-refractivity contribution in [2.24, 2.45) is 0 Å². The molecule has 0 amide bonds. The number of piperidine rings is 1. The van der Waals surface area contributed by atoms with E-state index in [1.54, 1.807) is 0 Å². The number of rotatable bonds is 7. The molecule has 0 bridgehead atoms. The third kappa shape index (κ3) is 6.47. The summed E-state index contributed by atoms with van der Waals surface area (Å²) in [4.78, 5) is 14.7. The molecule has 1 saturated heterocycles. The molecule has 1 saturated carbocycles. The Labute approximate surface area is 166 Å². The molecule has 5 heteroatoms. The maximum Gasteiger partial charge on any atom is 0.307 e. The number of hydrogen-bond donors (Lipinski definition) is 0. The molecule has 3 rings (SSSR count). The molecule has 0 aromatic heterocycles. The number of thioether (sulfide) groups is 1. The van der Waals surface area contributed by atoms with Gasteiger partial charge in [0.1, 0.15) is 6.10 Å². The number of esters is 1. The summed E-state index contributed by atoms with van der Waals surface area (Å²) in [6, 6.07) is 8.04. The highest BCUT2D eigenvalue weighted by Crippen LogP contribution is 2.33. The predicted octanol–water partition coefficient (Wildman–Crippen LogP) is 5.30. The van der Waals surface area contributed by atoms with Crippen LogP contribution in [-0.4, -0.2) is 41.9 Å². The molecule has 1 aliphatic carbocycles. The summed E-state index contributed by atoms with van der Waals surface area (Å²) in [5.74, 6) is 0.934. The van der Waals surface area contributed by atoms with Crippen molar-refractivity contribution in [1.29, 1.82) is 0 Å². The first-order chi connectivity index (χ1) is 12.7. The number of ether oxygens (including phenoxy) is 1. The van der Waals surface area contributed by atoms with Gasteiger partial charge >= 0.3 is 5.97 Å². The normalized spacial score (nSPS) is 24.3. The summed E-state index contributed by atoms with van der Waals surface area (Å²) >= 11 is 7.88. The number of carbonyl (C=O) groups is 1. The second-order valence-corrected chi connectivity index (χ2v) is 9.10. The van der Waals surface area contributed by atoms with Crippen LogP contribution in [0.2, 0.25) is 5.02 Å². The molecule has 3 nitrogen and oxygen atoms in total. The maximum absolute atomic E-state index is 12.3. The van der Waals surface area contributed by atoms with Gasteiger partial charge in [0.2, 0.25) is 0 Å². The van der Waals surface area contributed by atoms with Crippen LogP contribution >= 0.6 is 23.4 Å². The molecule has 0 N–H and O–H groups in total. The molecule has 0 radical (unpaired) electrons. The number of benzene rings is 1. The molecule has 144 valence electrons. The van der Waals surface area contributed by atoms with Crippen LogP contribution in [-0.2, 0) is 15.3 Å². The summed E-state index contributed by atoms with van der Waals surface area (Å²) in [6.07, 6.45) is 9.02. The lowest BCUT2D eigenvalue weighted by Gasteiger charge is -2.31. The van der Waals surface area contributed by atoms with E-state index in [9.17, 15) is 4.79 Å². The molecule has 0 spiro atoms. The Morgan fingerprint density at radius 3 is 2.58 bits per heavy atom. The van der Waals surface area contributed by atoms with Crippen LogP contribution in [0.1, 0.15) is 56.9 Å². The fourth-order valence-corrected chi connectivity index (χ4v) is 5.30. The van der Waals surface area contributed by atoms with E-state index in [4.69, 9.17) is 16.3 Å². The summed E-state index contributed by atoms with van der Waals surface area (Å²) in [5.41, 5.74) is 1.28. The summed E-state index contributed by atoms with van der Waals surface area (Å²) in [5, 5.41) is 1.19. The van der Waals surface area contributed by atoms with Crippen LogP contribution in [0.5, 0.6) is 0 Å². The van der Waals surface area contributed by atoms with E-state index in [2.05, 4.69) is 17.0 Å². The van der Waals surface area contributed by atoms with E-state index in [-0.39, 0.29) is 12.1 Å². The average molecular weight is 396 g/mol.